The zero-order valence-corrected chi connectivity index (χ0v) is 12.7. The van der Waals surface area contributed by atoms with Gasteiger partial charge in [0.05, 0.1) is 18.0 Å². The number of benzene rings is 1. The summed E-state index contributed by atoms with van der Waals surface area (Å²) in [5.41, 5.74) is 3.86. The first-order valence-electron chi connectivity index (χ1n) is 6.97. The topological polar surface area (TPSA) is 50.9 Å². The second-order valence-electron chi connectivity index (χ2n) is 4.83. The van der Waals surface area contributed by atoms with Crippen LogP contribution in [-0.4, -0.2) is 20.1 Å². The van der Waals surface area contributed by atoms with Crippen LogP contribution in [0.5, 0.6) is 0 Å². The molecular weight excluding hydrogens is 282 g/mol. The molecule has 108 valence electrons. The molecule has 0 spiro atoms. The molecule has 3 rings (SSSR count). The summed E-state index contributed by atoms with van der Waals surface area (Å²) in [6, 6.07) is 12.4. The lowest BCUT2D eigenvalue weighted by atomic mass is 10.1. The van der Waals surface area contributed by atoms with Crippen LogP contribution in [-0.2, 0) is 19.4 Å². The van der Waals surface area contributed by atoms with Crippen LogP contribution in [0.1, 0.15) is 28.8 Å². The van der Waals surface area contributed by atoms with Crippen molar-refractivity contribution < 1.29 is 5.11 Å². The van der Waals surface area contributed by atoms with Gasteiger partial charge in [-0.15, -0.1) is 16.4 Å². The van der Waals surface area contributed by atoms with Crippen LogP contribution in [0, 0.1) is 0 Å². The van der Waals surface area contributed by atoms with Gasteiger partial charge in [-0.25, -0.2) is 4.68 Å². The molecule has 0 fully saturated rings. The first-order chi connectivity index (χ1) is 10.3. The fraction of sp³-hybridized carbons (Fsp3) is 0.250. The Bertz CT molecular complexity index is 702. The van der Waals surface area contributed by atoms with E-state index in [2.05, 4.69) is 40.8 Å². The molecule has 0 radical (unpaired) electrons. The molecule has 0 bridgehead atoms. The number of hydrogen-bond donors (Lipinski definition) is 1. The molecule has 0 unspecified atom stereocenters. The Morgan fingerprint density at radius 2 is 2.00 bits per heavy atom. The normalized spacial score (nSPS) is 11.0. The summed E-state index contributed by atoms with van der Waals surface area (Å²) in [7, 11) is 0. The molecule has 0 saturated carbocycles. The van der Waals surface area contributed by atoms with Crippen LogP contribution in [0.3, 0.4) is 0 Å². The minimum atomic E-state index is -0.0895. The van der Waals surface area contributed by atoms with E-state index < -0.39 is 0 Å². The molecule has 21 heavy (non-hydrogen) atoms. The van der Waals surface area contributed by atoms with Gasteiger partial charge in [-0.3, -0.25) is 0 Å². The number of rotatable bonds is 5. The van der Waals surface area contributed by atoms with Gasteiger partial charge in [-0.05, 0) is 35.6 Å². The molecule has 3 aromatic rings. The SMILES string of the molecule is CCc1ccc(-n2nnc(CO)c2Cc2cccs2)cc1. The molecule has 1 N–H and O–H groups in total. The van der Waals surface area contributed by atoms with Gasteiger partial charge in [0.15, 0.2) is 0 Å². The molecule has 1 aromatic carbocycles. The quantitative estimate of drug-likeness (QED) is 0.788. The van der Waals surface area contributed by atoms with Crippen molar-refractivity contribution in [3.63, 3.8) is 0 Å². The third-order valence-electron chi connectivity index (χ3n) is 3.50. The van der Waals surface area contributed by atoms with Crippen molar-refractivity contribution >= 4 is 11.3 Å². The van der Waals surface area contributed by atoms with E-state index in [1.807, 2.05) is 22.9 Å². The van der Waals surface area contributed by atoms with Crippen molar-refractivity contribution in [3.8, 4) is 5.69 Å². The third-order valence-corrected chi connectivity index (χ3v) is 4.38. The smallest absolute Gasteiger partial charge is 0.112 e. The Morgan fingerprint density at radius 3 is 2.62 bits per heavy atom. The number of aromatic nitrogens is 3. The van der Waals surface area contributed by atoms with E-state index in [1.54, 1.807) is 11.3 Å². The van der Waals surface area contributed by atoms with E-state index in [0.717, 1.165) is 24.2 Å². The second-order valence-corrected chi connectivity index (χ2v) is 5.86. The Morgan fingerprint density at radius 1 is 1.19 bits per heavy atom. The zero-order valence-electron chi connectivity index (χ0n) is 11.9. The Balaban J connectivity index is 1.99. The molecule has 0 aliphatic rings. The van der Waals surface area contributed by atoms with Crippen LogP contribution in [0.4, 0.5) is 0 Å². The molecular formula is C16H17N3OS. The molecule has 0 saturated heterocycles. The van der Waals surface area contributed by atoms with E-state index in [1.165, 1.54) is 10.4 Å². The highest BCUT2D eigenvalue weighted by atomic mass is 32.1. The molecule has 2 aromatic heterocycles. The maximum atomic E-state index is 9.48. The summed E-state index contributed by atoms with van der Waals surface area (Å²) in [6.07, 6.45) is 1.75. The second kappa shape index (κ2) is 6.20. The number of aryl methyl sites for hydroxylation is 1. The van der Waals surface area contributed by atoms with Crippen LogP contribution in [0.15, 0.2) is 41.8 Å². The largest absolute Gasteiger partial charge is 0.390 e. The van der Waals surface area contributed by atoms with Crippen LogP contribution in [0.25, 0.3) is 5.69 Å². The predicted octanol–water partition coefficient (Wildman–Crippen LogP) is 2.97. The minimum Gasteiger partial charge on any atom is -0.390 e. The van der Waals surface area contributed by atoms with Gasteiger partial charge in [0, 0.05) is 11.3 Å². The molecule has 4 nitrogen and oxygen atoms in total. The summed E-state index contributed by atoms with van der Waals surface area (Å²) in [6.45, 7) is 2.05. The van der Waals surface area contributed by atoms with Crippen LogP contribution >= 0.6 is 11.3 Å². The van der Waals surface area contributed by atoms with Gasteiger partial charge in [-0.1, -0.05) is 30.3 Å². The maximum absolute atomic E-state index is 9.48. The zero-order chi connectivity index (χ0) is 14.7. The van der Waals surface area contributed by atoms with Crippen molar-refractivity contribution in [1.82, 2.24) is 15.0 Å². The van der Waals surface area contributed by atoms with Crippen molar-refractivity contribution in [3.05, 3.63) is 63.6 Å². The summed E-state index contributed by atoms with van der Waals surface area (Å²) in [5.74, 6) is 0. The van der Waals surface area contributed by atoms with E-state index in [0.29, 0.717) is 5.69 Å². The Labute approximate surface area is 127 Å². The fourth-order valence-electron chi connectivity index (χ4n) is 2.29. The van der Waals surface area contributed by atoms with Gasteiger partial charge in [-0.2, -0.15) is 0 Å². The lowest BCUT2D eigenvalue weighted by Crippen LogP contribution is -2.04. The average Bonchev–Trinajstić information content (AvgIpc) is 3.17. The van der Waals surface area contributed by atoms with Gasteiger partial charge in [0.1, 0.15) is 5.69 Å². The monoisotopic (exact) mass is 299 g/mol. The number of nitrogens with zero attached hydrogens (tertiary/aromatic N) is 3. The summed E-state index contributed by atoms with van der Waals surface area (Å²) in [5, 5.41) is 19.8. The predicted molar refractivity (Wildman–Crippen MR) is 83.8 cm³/mol. The van der Waals surface area contributed by atoms with Gasteiger partial charge in [0.25, 0.3) is 0 Å². The highest BCUT2D eigenvalue weighted by Gasteiger charge is 2.14. The molecule has 0 aliphatic heterocycles. The van der Waals surface area contributed by atoms with E-state index in [-0.39, 0.29) is 6.61 Å². The Hall–Kier alpha value is -1.98. The summed E-state index contributed by atoms with van der Waals surface area (Å²) >= 11 is 1.70. The molecule has 0 aliphatic carbocycles. The standard InChI is InChI=1S/C16H17N3OS/c1-2-12-5-7-13(8-6-12)19-16(15(11-20)17-18-19)10-14-4-3-9-21-14/h3-9,20H,2,10-11H2,1H3. The molecule has 0 atom stereocenters. The molecule has 2 heterocycles. The van der Waals surface area contributed by atoms with Crippen molar-refractivity contribution in [2.75, 3.05) is 0 Å². The number of aliphatic hydroxyl groups is 1. The van der Waals surface area contributed by atoms with Gasteiger partial charge in [0.2, 0.25) is 0 Å². The third kappa shape index (κ3) is 2.89. The maximum Gasteiger partial charge on any atom is 0.112 e. The average molecular weight is 299 g/mol. The first kappa shape index (κ1) is 14.0. The van der Waals surface area contributed by atoms with Gasteiger partial charge >= 0.3 is 0 Å². The van der Waals surface area contributed by atoms with E-state index in [9.17, 15) is 5.11 Å². The van der Waals surface area contributed by atoms with Crippen LogP contribution in [0.2, 0.25) is 0 Å². The highest BCUT2D eigenvalue weighted by molar-refractivity contribution is 7.09. The van der Waals surface area contributed by atoms with E-state index >= 15 is 0 Å². The van der Waals surface area contributed by atoms with Crippen LogP contribution < -0.4 is 0 Å². The van der Waals surface area contributed by atoms with E-state index in [4.69, 9.17) is 0 Å². The number of hydrogen-bond acceptors (Lipinski definition) is 4. The number of aliphatic hydroxyl groups excluding tert-OH is 1. The molecule has 5 heteroatoms. The summed E-state index contributed by atoms with van der Waals surface area (Å²) in [4.78, 5) is 1.23. The fourth-order valence-corrected chi connectivity index (χ4v) is 3.00. The Kier molecular flexibility index (Phi) is 4.13. The first-order valence-corrected chi connectivity index (χ1v) is 7.85. The lowest BCUT2D eigenvalue weighted by Gasteiger charge is -2.07. The summed E-state index contributed by atoms with van der Waals surface area (Å²) < 4.78 is 1.82. The number of thiophene rings is 1. The highest BCUT2D eigenvalue weighted by Crippen LogP contribution is 2.20. The van der Waals surface area contributed by atoms with Gasteiger partial charge < -0.3 is 5.11 Å². The van der Waals surface area contributed by atoms with Crippen molar-refractivity contribution in [2.45, 2.75) is 26.4 Å². The van der Waals surface area contributed by atoms with Crippen molar-refractivity contribution in [2.24, 2.45) is 0 Å². The minimum absolute atomic E-state index is 0.0895. The lowest BCUT2D eigenvalue weighted by molar-refractivity contribution is 0.275. The van der Waals surface area contributed by atoms with Crippen molar-refractivity contribution in [1.29, 1.82) is 0 Å². The molecule has 0 amide bonds.